The predicted molar refractivity (Wildman–Crippen MR) is 63.4 cm³/mol. The molecule has 0 aliphatic heterocycles. The largest absolute Gasteiger partial charge is 0.310 e. The Morgan fingerprint density at radius 1 is 1.41 bits per heavy atom. The van der Waals surface area contributed by atoms with Crippen LogP contribution >= 0.6 is 0 Å². The van der Waals surface area contributed by atoms with Gasteiger partial charge < -0.3 is 9.88 Å². The Labute approximate surface area is 99.3 Å². The normalized spacial score (nSPS) is 15.1. The number of imidazole rings is 1. The maximum Gasteiger partial charge on any atom is 0.147 e. The molecule has 0 amide bonds. The molecule has 0 atom stereocenters. The fourth-order valence-electron chi connectivity index (χ4n) is 1.92. The number of hydrogen-bond acceptors (Lipinski definition) is 2. The van der Waals surface area contributed by atoms with E-state index in [9.17, 15) is 4.39 Å². The smallest absolute Gasteiger partial charge is 0.147 e. The van der Waals surface area contributed by atoms with Gasteiger partial charge in [-0.2, -0.15) is 0 Å². The monoisotopic (exact) mass is 231 g/mol. The van der Waals surface area contributed by atoms with E-state index in [1.165, 1.54) is 18.9 Å². The van der Waals surface area contributed by atoms with Crippen molar-refractivity contribution in [1.82, 2.24) is 14.9 Å². The molecule has 0 radical (unpaired) electrons. The summed E-state index contributed by atoms with van der Waals surface area (Å²) in [6.45, 7) is 0.704. The summed E-state index contributed by atoms with van der Waals surface area (Å²) in [7, 11) is 0. The summed E-state index contributed by atoms with van der Waals surface area (Å²) in [5.41, 5.74) is 1.56. The Morgan fingerprint density at radius 3 is 3.00 bits per heavy atom. The van der Waals surface area contributed by atoms with E-state index in [-0.39, 0.29) is 5.82 Å². The van der Waals surface area contributed by atoms with E-state index in [0.717, 1.165) is 5.56 Å². The first-order chi connectivity index (χ1) is 8.34. The molecule has 1 aliphatic carbocycles. The number of nitrogens with zero attached hydrogens (tertiary/aromatic N) is 2. The second kappa shape index (κ2) is 4.30. The number of rotatable bonds is 4. The number of benzene rings is 1. The number of nitrogens with one attached hydrogen (secondary N) is 1. The van der Waals surface area contributed by atoms with Gasteiger partial charge in [0.25, 0.3) is 0 Å². The summed E-state index contributed by atoms with van der Waals surface area (Å²) < 4.78 is 15.6. The molecular weight excluding hydrogens is 217 g/mol. The van der Waals surface area contributed by atoms with Gasteiger partial charge in [-0.05, 0) is 24.5 Å². The number of para-hydroxylation sites is 1. The summed E-state index contributed by atoms with van der Waals surface area (Å²) >= 11 is 0. The highest BCUT2D eigenvalue weighted by Gasteiger charge is 2.21. The van der Waals surface area contributed by atoms with Crippen molar-refractivity contribution in [1.29, 1.82) is 0 Å². The van der Waals surface area contributed by atoms with Gasteiger partial charge in [-0.15, -0.1) is 0 Å². The third-order valence-corrected chi connectivity index (χ3v) is 2.99. The molecule has 3 nitrogen and oxygen atoms in total. The molecule has 1 aromatic carbocycles. The third kappa shape index (κ3) is 2.22. The van der Waals surface area contributed by atoms with E-state index in [0.29, 0.717) is 18.3 Å². The molecule has 2 aromatic rings. The molecule has 4 heteroatoms. The minimum atomic E-state index is -0.210. The average Bonchev–Trinajstić information content (AvgIpc) is 3.01. The third-order valence-electron chi connectivity index (χ3n) is 2.99. The van der Waals surface area contributed by atoms with Crippen LogP contribution in [0.2, 0.25) is 0 Å². The maximum atomic E-state index is 13.9. The van der Waals surface area contributed by atoms with E-state index in [1.807, 2.05) is 6.07 Å². The van der Waals surface area contributed by atoms with E-state index in [1.54, 1.807) is 29.4 Å². The molecule has 1 fully saturated rings. The summed E-state index contributed by atoms with van der Waals surface area (Å²) in [5.74, 6) is -0.210. The van der Waals surface area contributed by atoms with Gasteiger partial charge in [0.2, 0.25) is 0 Å². The SMILES string of the molecule is Fc1cccc(CNC2CC2)c1-n1ccnc1. The Kier molecular flexibility index (Phi) is 2.65. The highest BCUT2D eigenvalue weighted by molar-refractivity contribution is 5.42. The lowest BCUT2D eigenvalue weighted by Gasteiger charge is -2.11. The fraction of sp³-hybridized carbons (Fsp3) is 0.308. The standard InChI is InChI=1S/C13H14FN3/c14-12-3-1-2-10(8-16-11-4-5-11)13(12)17-7-6-15-9-17/h1-3,6-7,9,11,16H,4-5,8H2. The lowest BCUT2D eigenvalue weighted by Crippen LogP contribution is -2.17. The van der Waals surface area contributed by atoms with Crippen molar-refractivity contribution in [3.8, 4) is 5.69 Å². The van der Waals surface area contributed by atoms with Gasteiger partial charge in [0, 0.05) is 25.0 Å². The number of aromatic nitrogens is 2. The van der Waals surface area contributed by atoms with E-state index in [4.69, 9.17) is 0 Å². The first kappa shape index (κ1) is 10.5. The Bertz CT molecular complexity index is 503. The van der Waals surface area contributed by atoms with Crippen LogP contribution in [0.5, 0.6) is 0 Å². The first-order valence-electron chi connectivity index (χ1n) is 5.84. The average molecular weight is 231 g/mol. The number of hydrogen-bond donors (Lipinski definition) is 1. The zero-order valence-electron chi connectivity index (χ0n) is 9.44. The quantitative estimate of drug-likeness (QED) is 0.874. The van der Waals surface area contributed by atoms with Crippen LogP contribution in [0.1, 0.15) is 18.4 Å². The van der Waals surface area contributed by atoms with Gasteiger partial charge in [-0.25, -0.2) is 9.37 Å². The van der Waals surface area contributed by atoms with Crippen LogP contribution in [0.25, 0.3) is 5.69 Å². The molecule has 1 saturated carbocycles. The zero-order chi connectivity index (χ0) is 11.7. The van der Waals surface area contributed by atoms with Gasteiger partial charge in [0.1, 0.15) is 5.82 Å². The van der Waals surface area contributed by atoms with Crippen LogP contribution in [0.3, 0.4) is 0 Å². The van der Waals surface area contributed by atoms with Crippen molar-refractivity contribution < 1.29 is 4.39 Å². The highest BCUT2D eigenvalue weighted by atomic mass is 19.1. The van der Waals surface area contributed by atoms with Crippen molar-refractivity contribution in [3.63, 3.8) is 0 Å². The molecule has 0 bridgehead atoms. The molecular formula is C13H14FN3. The molecule has 1 heterocycles. The maximum absolute atomic E-state index is 13.9. The fourth-order valence-corrected chi connectivity index (χ4v) is 1.92. The Balaban J connectivity index is 1.92. The molecule has 3 rings (SSSR count). The van der Waals surface area contributed by atoms with Crippen LogP contribution in [0, 0.1) is 5.82 Å². The molecule has 0 saturated heterocycles. The van der Waals surface area contributed by atoms with Crippen molar-refractivity contribution in [2.75, 3.05) is 0 Å². The molecule has 0 unspecified atom stereocenters. The molecule has 1 aliphatic rings. The van der Waals surface area contributed by atoms with Gasteiger partial charge in [-0.3, -0.25) is 0 Å². The summed E-state index contributed by atoms with van der Waals surface area (Å²) in [4.78, 5) is 3.96. The summed E-state index contributed by atoms with van der Waals surface area (Å²) in [6, 6.07) is 5.80. The van der Waals surface area contributed by atoms with Gasteiger partial charge in [-0.1, -0.05) is 12.1 Å². The molecule has 17 heavy (non-hydrogen) atoms. The van der Waals surface area contributed by atoms with Crippen LogP contribution in [-0.2, 0) is 6.54 Å². The van der Waals surface area contributed by atoms with E-state index in [2.05, 4.69) is 10.3 Å². The number of halogens is 1. The second-order valence-corrected chi connectivity index (χ2v) is 4.37. The van der Waals surface area contributed by atoms with Gasteiger partial charge in [0.05, 0.1) is 12.0 Å². The van der Waals surface area contributed by atoms with Crippen LogP contribution < -0.4 is 5.32 Å². The highest BCUT2D eigenvalue weighted by Crippen LogP contribution is 2.22. The zero-order valence-corrected chi connectivity index (χ0v) is 9.44. The Morgan fingerprint density at radius 2 is 2.29 bits per heavy atom. The minimum Gasteiger partial charge on any atom is -0.310 e. The molecule has 1 N–H and O–H groups in total. The lowest BCUT2D eigenvalue weighted by molar-refractivity contribution is 0.608. The van der Waals surface area contributed by atoms with Gasteiger partial charge >= 0.3 is 0 Å². The predicted octanol–water partition coefficient (Wildman–Crippen LogP) is 2.26. The topological polar surface area (TPSA) is 29.9 Å². The minimum absolute atomic E-state index is 0.210. The summed E-state index contributed by atoms with van der Waals surface area (Å²) in [5, 5.41) is 3.40. The molecule has 1 aromatic heterocycles. The first-order valence-corrected chi connectivity index (χ1v) is 5.84. The van der Waals surface area contributed by atoms with E-state index >= 15 is 0 Å². The second-order valence-electron chi connectivity index (χ2n) is 4.37. The van der Waals surface area contributed by atoms with Crippen LogP contribution in [0.4, 0.5) is 4.39 Å². The Hall–Kier alpha value is -1.68. The summed E-state index contributed by atoms with van der Waals surface area (Å²) in [6.07, 6.45) is 7.51. The van der Waals surface area contributed by atoms with Crippen molar-refractivity contribution >= 4 is 0 Å². The van der Waals surface area contributed by atoms with Crippen molar-refractivity contribution in [3.05, 3.63) is 48.3 Å². The van der Waals surface area contributed by atoms with Crippen LogP contribution in [-0.4, -0.2) is 15.6 Å². The van der Waals surface area contributed by atoms with Crippen molar-refractivity contribution in [2.24, 2.45) is 0 Å². The van der Waals surface area contributed by atoms with E-state index < -0.39 is 0 Å². The van der Waals surface area contributed by atoms with Crippen LogP contribution in [0.15, 0.2) is 36.9 Å². The lowest BCUT2D eigenvalue weighted by atomic mass is 10.1. The van der Waals surface area contributed by atoms with Gasteiger partial charge in [0.15, 0.2) is 0 Å². The molecule has 0 spiro atoms. The molecule has 88 valence electrons. The van der Waals surface area contributed by atoms with Crippen molar-refractivity contribution in [2.45, 2.75) is 25.4 Å².